The fraction of sp³-hybridized carbons (Fsp3) is 1.00. The first-order valence-corrected chi connectivity index (χ1v) is 3.54. The maximum Gasteiger partial charge on any atom is 0.402 e. The van der Waals surface area contributed by atoms with E-state index in [9.17, 15) is 35.1 Å². The van der Waals surface area contributed by atoms with Crippen molar-refractivity contribution in [3.05, 3.63) is 0 Å². The van der Waals surface area contributed by atoms with Crippen LogP contribution in [0.1, 0.15) is 6.92 Å². The van der Waals surface area contributed by atoms with E-state index in [1.165, 1.54) is 0 Å². The molecule has 0 rings (SSSR count). The van der Waals surface area contributed by atoms with Crippen molar-refractivity contribution >= 4 is 0 Å². The lowest BCUT2D eigenvalue weighted by atomic mass is 9.94. The third kappa shape index (κ3) is 3.80. The fourth-order valence-corrected chi connectivity index (χ4v) is 0.885. The van der Waals surface area contributed by atoms with E-state index >= 15 is 0 Å². The van der Waals surface area contributed by atoms with Gasteiger partial charge in [0.2, 0.25) is 0 Å². The lowest BCUT2D eigenvalue weighted by Gasteiger charge is -2.31. The lowest BCUT2D eigenvalue weighted by Crippen LogP contribution is -2.55. The molecule has 0 saturated carbocycles. The van der Waals surface area contributed by atoms with Crippen LogP contribution in [0.4, 0.5) is 35.1 Å². The number of rotatable bonds is 2. The Morgan fingerprint density at radius 2 is 1.07 bits per heavy atom. The SMILES string of the molecule is CC(F)(F)C(N)C(C(F)(F)F)C(F)(F)F. The molecule has 0 aliphatic heterocycles. The largest absolute Gasteiger partial charge is 0.402 e. The van der Waals surface area contributed by atoms with Crippen molar-refractivity contribution in [2.45, 2.75) is 31.2 Å². The summed E-state index contributed by atoms with van der Waals surface area (Å²) in [5, 5.41) is 0. The van der Waals surface area contributed by atoms with Crippen molar-refractivity contribution in [2.75, 3.05) is 0 Å². The summed E-state index contributed by atoms with van der Waals surface area (Å²) < 4.78 is 95.8. The van der Waals surface area contributed by atoms with E-state index < -0.39 is 30.2 Å². The van der Waals surface area contributed by atoms with Gasteiger partial charge in [-0.25, -0.2) is 8.78 Å². The first kappa shape index (κ1) is 14.4. The highest BCUT2D eigenvalue weighted by atomic mass is 19.4. The Kier molecular flexibility index (Phi) is 3.61. The van der Waals surface area contributed by atoms with Gasteiger partial charge in [-0.2, -0.15) is 26.3 Å². The summed E-state index contributed by atoms with van der Waals surface area (Å²) in [5.41, 5.74) is 4.28. The molecule has 0 amide bonds. The fourth-order valence-electron chi connectivity index (χ4n) is 0.885. The minimum atomic E-state index is -5.85. The molecule has 2 N–H and O–H groups in total. The lowest BCUT2D eigenvalue weighted by molar-refractivity contribution is -0.302. The molecule has 0 aliphatic rings. The first-order chi connectivity index (χ1) is 6.28. The number of hydrogen-bond acceptors (Lipinski definition) is 1. The maximum atomic E-state index is 12.3. The van der Waals surface area contributed by atoms with E-state index in [1.54, 1.807) is 0 Å². The average molecular weight is 245 g/mol. The van der Waals surface area contributed by atoms with Crippen molar-refractivity contribution < 1.29 is 35.1 Å². The van der Waals surface area contributed by atoms with Crippen LogP contribution in [0.2, 0.25) is 0 Å². The minimum Gasteiger partial charge on any atom is -0.322 e. The number of alkyl halides is 8. The third-order valence-electron chi connectivity index (χ3n) is 1.65. The summed E-state index contributed by atoms with van der Waals surface area (Å²) in [4.78, 5) is 0. The van der Waals surface area contributed by atoms with E-state index in [1.807, 2.05) is 0 Å². The van der Waals surface area contributed by atoms with Gasteiger partial charge in [0, 0.05) is 6.92 Å². The molecule has 9 heteroatoms. The van der Waals surface area contributed by atoms with Crippen LogP contribution >= 0.6 is 0 Å². The summed E-state index contributed by atoms with van der Waals surface area (Å²) in [6.07, 6.45) is -11.7. The molecule has 92 valence electrons. The molecule has 0 fully saturated rings. The van der Waals surface area contributed by atoms with E-state index in [4.69, 9.17) is 0 Å². The topological polar surface area (TPSA) is 26.0 Å². The zero-order chi connectivity index (χ0) is 12.7. The average Bonchev–Trinajstić information content (AvgIpc) is 1.76. The molecular formula is C6H7F8N. The maximum absolute atomic E-state index is 12.3. The molecule has 0 aliphatic carbocycles. The van der Waals surface area contributed by atoms with Gasteiger partial charge in [-0.1, -0.05) is 0 Å². The molecule has 1 unspecified atom stereocenters. The Morgan fingerprint density at radius 1 is 0.800 bits per heavy atom. The molecule has 0 bridgehead atoms. The summed E-state index contributed by atoms with van der Waals surface area (Å²) >= 11 is 0. The molecule has 0 aromatic carbocycles. The Hall–Kier alpha value is -0.600. The standard InChI is InChI=1S/C6H7F8N/c1-4(7,8)3(15)2(5(9,10)11)6(12,13)14/h2-3H,15H2,1H3. The Morgan fingerprint density at radius 3 is 1.13 bits per heavy atom. The van der Waals surface area contributed by atoms with Gasteiger partial charge in [-0.05, 0) is 0 Å². The van der Waals surface area contributed by atoms with Crippen LogP contribution in [0, 0.1) is 5.92 Å². The van der Waals surface area contributed by atoms with Crippen molar-refractivity contribution in [3.8, 4) is 0 Å². The summed E-state index contributed by atoms with van der Waals surface area (Å²) in [7, 11) is 0. The van der Waals surface area contributed by atoms with Crippen molar-refractivity contribution in [2.24, 2.45) is 11.7 Å². The van der Waals surface area contributed by atoms with Gasteiger partial charge in [0.1, 0.15) is 0 Å². The first-order valence-electron chi connectivity index (χ1n) is 3.54. The van der Waals surface area contributed by atoms with E-state index in [2.05, 4.69) is 5.73 Å². The molecule has 0 heterocycles. The van der Waals surface area contributed by atoms with Gasteiger partial charge in [0.05, 0.1) is 6.04 Å². The summed E-state index contributed by atoms with van der Waals surface area (Å²) in [6.45, 7) is -0.0951. The second-order valence-corrected chi connectivity index (χ2v) is 3.04. The predicted molar refractivity (Wildman–Crippen MR) is 34.2 cm³/mol. The molecule has 1 atom stereocenters. The van der Waals surface area contributed by atoms with E-state index in [-0.39, 0.29) is 6.92 Å². The molecule has 0 aromatic rings. The molecule has 0 saturated heterocycles. The van der Waals surface area contributed by atoms with Gasteiger partial charge in [0.15, 0.2) is 5.92 Å². The van der Waals surface area contributed by atoms with Gasteiger partial charge < -0.3 is 5.73 Å². The van der Waals surface area contributed by atoms with E-state index in [0.717, 1.165) is 0 Å². The molecule has 0 aromatic heterocycles. The van der Waals surface area contributed by atoms with Crippen LogP contribution in [-0.4, -0.2) is 24.3 Å². The Bertz CT molecular complexity index is 197. The van der Waals surface area contributed by atoms with Gasteiger partial charge in [0.25, 0.3) is 5.92 Å². The van der Waals surface area contributed by atoms with Gasteiger partial charge in [-0.3, -0.25) is 0 Å². The normalized spacial score (nSPS) is 17.0. The molecule has 1 nitrogen and oxygen atoms in total. The monoisotopic (exact) mass is 245 g/mol. The van der Waals surface area contributed by atoms with Crippen LogP contribution in [0.5, 0.6) is 0 Å². The zero-order valence-electron chi connectivity index (χ0n) is 7.26. The molecule has 15 heavy (non-hydrogen) atoms. The number of halogens is 8. The van der Waals surface area contributed by atoms with Gasteiger partial charge >= 0.3 is 12.4 Å². The van der Waals surface area contributed by atoms with Crippen LogP contribution in [-0.2, 0) is 0 Å². The number of nitrogens with two attached hydrogens (primary N) is 1. The Balaban J connectivity index is 5.16. The summed E-state index contributed by atoms with van der Waals surface area (Å²) in [6, 6.07) is -3.35. The number of hydrogen-bond donors (Lipinski definition) is 1. The van der Waals surface area contributed by atoms with Crippen molar-refractivity contribution in [1.82, 2.24) is 0 Å². The van der Waals surface area contributed by atoms with Gasteiger partial charge in [-0.15, -0.1) is 0 Å². The second kappa shape index (κ2) is 3.76. The predicted octanol–water partition coefficient (Wildman–Crippen LogP) is 2.71. The van der Waals surface area contributed by atoms with Crippen LogP contribution in [0.25, 0.3) is 0 Å². The van der Waals surface area contributed by atoms with E-state index in [0.29, 0.717) is 0 Å². The van der Waals surface area contributed by atoms with Crippen LogP contribution in [0.3, 0.4) is 0 Å². The highest BCUT2D eigenvalue weighted by Crippen LogP contribution is 2.43. The third-order valence-corrected chi connectivity index (χ3v) is 1.65. The quantitative estimate of drug-likeness (QED) is 0.743. The van der Waals surface area contributed by atoms with Crippen molar-refractivity contribution in [1.29, 1.82) is 0 Å². The van der Waals surface area contributed by atoms with Crippen LogP contribution < -0.4 is 5.73 Å². The zero-order valence-corrected chi connectivity index (χ0v) is 7.26. The smallest absolute Gasteiger partial charge is 0.322 e. The summed E-state index contributed by atoms with van der Waals surface area (Å²) in [5.74, 6) is -8.50. The van der Waals surface area contributed by atoms with Crippen LogP contribution in [0.15, 0.2) is 0 Å². The highest BCUT2D eigenvalue weighted by Gasteiger charge is 2.63. The Labute approximate surface area is 79.2 Å². The minimum absolute atomic E-state index is 0.0951. The molecular weight excluding hydrogens is 238 g/mol. The van der Waals surface area contributed by atoms with Crippen molar-refractivity contribution in [3.63, 3.8) is 0 Å². The highest BCUT2D eigenvalue weighted by molar-refractivity contribution is 4.91. The molecule has 0 radical (unpaired) electrons. The second-order valence-electron chi connectivity index (χ2n) is 3.04. The molecule has 0 spiro atoms.